The Morgan fingerprint density at radius 3 is 2.74 bits per heavy atom. The van der Waals surface area contributed by atoms with E-state index in [1.54, 1.807) is 18.4 Å². The van der Waals surface area contributed by atoms with Gasteiger partial charge in [-0.05, 0) is 38.3 Å². The summed E-state index contributed by atoms with van der Waals surface area (Å²) in [7, 11) is 0. The van der Waals surface area contributed by atoms with E-state index in [9.17, 15) is 9.90 Å². The van der Waals surface area contributed by atoms with Crippen molar-refractivity contribution < 1.29 is 14.6 Å². The number of aliphatic hydroxyl groups is 1. The van der Waals surface area contributed by atoms with Crippen LogP contribution in [0.1, 0.15) is 26.2 Å². The molecule has 0 atom stereocenters. The summed E-state index contributed by atoms with van der Waals surface area (Å²) < 4.78 is 5.51. The number of ether oxygens (including phenoxy) is 1. The van der Waals surface area contributed by atoms with Gasteiger partial charge in [0.2, 0.25) is 0 Å². The monoisotopic (exact) mass is 262 g/mol. The lowest BCUT2D eigenvalue weighted by Crippen LogP contribution is -2.41. The minimum atomic E-state index is -0.676. The Kier molecular flexibility index (Phi) is 3.85. The number of ketones is 1. The molecule has 1 saturated carbocycles. The van der Waals surface area contributed by atoms with E-state index in [1.165, 1.54) is 6.92 Å². The molecule has 0 bridgehead atoms. The van der Waals surface area contributed by atoms with Gasteiger partial charge in [0.15, 0.2) is 5.78 Å². The average Bonchev–Trinajstić information content (AvgIpc) is 2.36. The third kappa shape index (κ3) is 3.12. The molecule has 2 rings (SSSR count). The van der Waals surface area contributed by atoms with Gasteiger partial charge in [-0.2, -0.15) is 0 Å². The molecule has 0 aromatic rings. The van der Waals surface area contributed by atoms with Crippen LogP contribution in [0.3, 0.4) is 0 Å². The normalized spacial score (nSPS) is 22.7. The Morgan fingerprint density at radius 1 is 1.58 bits per heavy atom. The van der Waals surface area contributed by atoms with Gasteiger partial charge in [-0.15, -0.1) is 0 Å². The Morgan fingerprint density at radius 2 is 2.32 bits per heavy atom. The first kappa shape index (κ1) is 13.5. The lowest BCUT2D eigenvalue weighted by molar-refractivity contribution is -0.113. The maximum Gasteiger partial charge on any atom is 0.163 e. The van der Waals surface area contributed by atoms with Gasteiger partial charge in [-0.25, -0.2) is 0 Å². The van der Waals surface area contributed by atoms with Crippen LogP contribution >= 0.6 is 0 Å². The summed E-state index contributed by atoms with van der Waals surface area (Å²) in [5.74, 6) is 0.445. The molecule has 5 heteroatoms. The maximum absolute atomic E-state index is 11.3. The molecule has 0 amide bonds. The van der Waals surface area contributed by atoms with Crippen LogP contribution in [-0.2, 0) is 9.53 Å². The number of allylic oxidation sites excluding steroid dienone is 3. The first-order valence-corrected chi connectivity index (χ1v) is 6.30. The molecule has 3 N–H and O–H groups in total. The molecule has 1 aliphatic carbocycles. The molecule has 0 saturated heterocycles. The number of hydrogen-bond acceptors (Lipinski definition) is 5. The average molecular weight is 262 g/mol. The van der Waals surface area contributed by atoms with Crippen molar-refractivity contribution in [2.45, 2.75) is 31.8 Å². The van der Waals surface area contributed by atoms with E-state index >= 15 is 0 Å². The highest BCUT2D eigenvalue weighted by Gasteiger charge is 2.35. The van der Waals surface area contributed by atoms with Crippen molar-refractivity contribution in [3.05, 3.63) is 35.4 Å². The van der Waals surface area contributed by atoms with Crippen LogP contribution < -0.4 is 5.32 Å². The number of Topliss-reactive ketones (excluding diaryl/α,β-unsaturated/α-hetero) is 1. The summed E-state index contributed by atoms with van der Waals surface area (Å²) in [6, 6.07) is 0. The van der Waals surface area contributed by atoms with Crippen LogP contribution in [0.25, 0.3) is 0 Å². The third-order valence-corrected chi connectivity index (χ3v) is 3.39. The highest BCUT2D eigenvalue weighted by Crippen LogP contribution is 2.32. The first-order chi connectivity index (χ1) is 9.04. The molecular formula is C14H18N2O3. The minimum absolute atomic E-state index is 0.163. The number of hydrogen-bond donors (Lipinski definition) is 3. The summed E-state index contributed by atoms with van der Waals surface area (Å²) in [6.45, 7) is 1.71. The summed E-state index contributed by atoms with van der Waals surface area (Å²) >= 11 is 0. The van der Waals surface area contributed by atoms with E-state index in [-0.39, 0.29) is 12.4 Å². The van der Waals surface area contributed by atoms with Crippen LogP contribution in [0.5, 0.6) is 0 Å². The van der Waals surface area contributed by atoms with E-state index in [4.69, 9.17) is 10.1 Å². The zero-order valence-electron chi connectivity index (χ0n) is 10.9. The van der Waals surface area contributed by atoms with Crippen LogP contribution in [-0.4, -0.2) is 29.3 Å². The second kappa shape index (κ2) is 5.40. The molecular weight excluding hydrogens is 244 g/mol. The van der Waals surface area contributed by atoms with Crippen LogP contribution in [0, 0.1) is 5.41 Å². The molecule has 0 radical (unpaired) electrons. The Hall–Kier alpha value is -1.88. The first-order valence-electron chi connectivity index (χ1n) is 6.30. The molecule has 1 heterocycles. The molecule has 0 unspecified atom stereocenters. The predicted molar refractivity (Wildman–Crippen MR) is 71.6 cm³/mol. The predicted octanol–water partition coefficient (Wildman–Crippen LogP) is 1.41. The summed E-state index contributed by atoms with van der Waals surface area (Å²) in [5.41, 5.74) is 0.228. The summed E-state index contributed by atoms with van der Waals surface area (Å²) in [4.78, 5) is 11.3. The second-order valence-corrected chi connectivity index (χ2v) is 4.92. The standard InChI is InChI=1S/C14H18N2O3/c1-10(17)12(7-15)13-4-3-11(8-16-13)19-9-14(18)5-2-6-14/h3-4,7-8,15-16,18H,2,5-6,9H2,1H3/b13-12+,15-7?. The largest absolute Gasteiger partial charge is 0.489 e. The Bertz CT molecular complexity index is 485. The van der Waals surface area contributed by atoms with Crippen molar-refractivity contribution in [1.29, 1.82) is 5.41 Å². The van der Waals surface area contributed by atoms with Gasteiger partial charge in [-0.3, -0.25) is 4.79 Å². The highest BCUT2D eigenvalue weighted by molar-refractivity contribution is 6.12. The number of nitrogens with one attached hydrogen (secondary N) is 2. The fourth-order valence-corrected chi connectivity index (χ4v) is 1.98. The second-order valence-electron chi connectivity index (χ2n) is 4.92. The molecule has 0 aromatic heterocycles. The van der Waals surface area contributed by atoms with Crippen molar-refractivity contribution in [3.63, 3.8) is 0 Å². The quantitative estimate of drug-likeness (QED) is 0.517. The van der Waals surface area contributed by atoms with Gasteiger partial charge in [0.25, 0.3) is 0 Å². The van der Waals surface area contributed by atoms with Gasteiger partial charge < -0.3 is 20.6 Å². The van der Waals surface area contributed by atoms with Gasteiger partial charge >= 0.3 is 0 Å². The fourth-order valence-electron chi connectivity index (χ4n) is 1.98. The van der Waals surface area contributed by atoms with E-state index in [0.717, 1.165) is 25.5 Å². The van der Waals surface area contributed by atoms with Crippen molar-refractivity contribution in [2.24, 2.45) is 0 Å². The fraction of sp³-hybridized carbons (Fsp3) is 0.429. The molecule has 0 aromatic carbocycles. The maximum atomic E-state index is 11.3. The van der Waals surface area contributed by atoms with E-state index in [2.05, 4.69) is 5.32 Å². The van der Waals surface area contributed by atoms with Gasteiger partial charge in [0, 0.05) is 12.4 Å². The molecule has 1 aliphatic heterocycles. The van der Waals surface area contributed by atoms with Crippen LogP contribution in [0.15, 0.2) is 35.4 Å². The summed E-state index contributed by atoms with van der Waals surface area (Å²) in [5, 5.41) is 20.0. The smallest absolute Gasteiger partial charge is 0.163 e. The van der Waals surface area contributed by atoms with Gasteiger partial charge in [0.05, 0.1) is 16.9 Å². The van der Waals surface area contributed by atoms with E-state index in [1.807, 2.05) is 0 Å². The topological polar surface area (TPSA) is 82.4 Å². The molecule has 2 aliphatic rings. The van der Waals surface area contributed by atoms with Crippen LogP contribution in [0.4, 0.5) is 0 Å². The molecule has 5 nitrogen and oxygen atoms in total. The van der Waals surface area contributed by atoms with Crippen molar-refractivity contribution in [1.82, 2.24) is 5.32 Å². The zero-order chi connectivity index (χ0) is 13.9. The Labute approximate surface area is 112 Å². The highest BCUT2D eigenvalue weighted by atomic mass is 16.5. The lowest BCUT2D eigenvalue weighted by atomic mass is 9.81. The summed E-state index contributed by atoms with van der Waals surface area (Å²) in [6.07, 6.45) is 8.69. The number of dihydropyridines is 1. The Balaban J connectivity index is 1.95. The molecule has 102 valence electrons. The molecule has 0 spiro atoms. The van der Waals surface area contributed by atoms with Crippen molar-refractivity contribution in [3.8, 4) is 0 Å². The molecule has 19 heavy (non-hydrogen) atoms. The van der Waals surface area contributed by atoms with Crippen molar-refractivity contribution in [2.75, 3.05) is 6.61 Å². The van der Waals surface area contributed by atoms with E-state index < -0.39 is 5.60 Å². The third-order valence-electron chi connectivity index (χ3n) is 3.39. The lowest BCUT2D eigenvalue weighted by Gasteiger charge is -2.36. The zero-order valence-corrected chi connectivity index (χ0v) is 10.9. The van der Waals surface area contributed by atoms with E-state index in [0.29, 0.717) is 17.0 Å². The number of rotatable bonds is 5. The van der Waals surface area contributed by atoms with Crippen LogP contribution in [0.2, 0.25) is 0 Å². The van der Waals surface area contributed by atoms with Crippen molar-refractivity contribution >= 4 is 12.0 Å². The minimum Gasteiger partial charge on any atom is -0.489 e. The van der Waals surface area contributed by atoms with Gasteiger partial charge in [-0.1, -0.05) is 0 Å². The van der Waals surface area contributed by atoms with Gasteiger partial charge in [0.1, 0.15) is 12.4 Å². The molecule has 1 fully saturated rings. The number of carbonyl (C=O) groups excluding carboxylic acids is 1. The SMILES string of the molecule is CC(=O)/C(C=N)=C1\C=CC(OCC2(O)CCC2)=CN1. The number of carbonyl (C=O) groups is 1.